The van der Waals surface area contributed by atoms with E-state index in [0.717, 1.165) is 10.2 Å². The molecule has 0 aliphatic heterocycles. The van der Waals surface area contributed by atoms with Crippen LogP contribution in [-0.2, 0) is 0 Å². The molecular formula is C13H11Br2ClN2O. The van der Waals surface area contributed by atoms with Gasteiger partial charge in [0.05, 0.1) is 10.7 Å². The van der Waals surface area contributed by atoms with Gasteiger partial charge in [0.1, 0.15) is 10.3 Å². The minimum Gasteiger partial charge on any atom is -0.305 e. The Hall–Kier alpha value is -0.650. The molecule has 19 heavy (non-hydrogen) atoms. The zero-order valence-corrected chi connectivity index (χ0v) is 14.2. The van der Waals surface area contributed by atoms with Crippen LogP contribution in [0.25, 0.3) is 11.4 Å². The Morgan fingerprint density at radius 2 is 2.00 bits per heavy atom. The van der Waals surface area contributed by atoms with Crippen LogP contribution < -0.4 is 5.56 Å². The van der Waals surface area contributed by atoms with Gasteiger partial charge in [0.15, 0.2) is 0 Å². The molecule has 0 aliphatic rings. The Kier molecular flexibility index (Phi) is 4.48. The molecule has 0 bridgehead atoms. The van der Waals surface area contributed by atoms with Crippen LogP contribution in [0.15, 0.2) is 31.9 Å². The topological polar surface area (TPSA) is 45.8 Å². The van der Waals surface area contributed by atoms with Crippen LogP contribution >= 0.6 is 43.5 Å². The summed E-state index contributed by atoms with van der Waals surface area (Å²) in [4.78, 5) is 19.1. The Balaban J connectivity index is 2.66. The van der Waals surface area contributed by atoms with Gasteiger partial charge in [-0.25, -0.2) is 4.98 Å². The maximum atomic E-state index is 11.9. The summed E-state index contributed by atoms with van der Waals surface area (Å²) < 4.78 is 1.35. The average molecular weight is 407 g/mol. The van der Waals surface area contributed by atoms with E-state index in [1.165, 1.54) is 0 Å². The van der Waals surface area contributed by atoms with Crippen LogP contribution in [0.3, 0.4) is 0 Å². The SMILES string of the molecule is CC(C)c1nc(-c2ccc(Br)cc2Cl)[nH]c(=O)c1Br. The van der Waals surface area contributed by atoms with Gasteiger partial charge in [-0.1, -0.05) is 41.4 Å². The average Bonchev–Trinajstić information content (AvgIpc) is 2.32. The van der Waals surface area contributed by atoms with E-state index in [1.807, 2.05) is 26.0 Å². The lowest BCUT2D eigenvalue weighted by molar-refractivity contribution is 0.803. The number of rotatable bonds is 2. The van der Waals surface area contributed by atoms with Crippen molar-refractivity contribution >= 4 is 43.5 Å². The fraction of sp³-hybridized carbons (Fsp3) is 0.231. The van der Waals surface area contributed by atoms with Crippen LogP contribution in [0, 0.1) is 0 Å². The van der Waals surface area contributed by atoms with Crippen LogP contribution in [0.1, 0.15) is 25.5 Å². The number of hydrogen-bond donors (Lipinski definition) is 1. The molecule has 2 rings (SSSR count). The van der Waals surface area contributed by atoms with Gasteiger partial charge in [-0.2, -0.15) is 0 Å². The van der Waals surface area contributed by atoms with Gasteiger partial charge >= 0.3 is 0 Å². The molecule has 2 aromatic rings. The summed E-state index contributed by atoms with van der Waals surface area (Å²) >= 11 is 12.8. The zero-order valence-electron chi connectivity index (χ0n) is 10.3. The van der Waals surface area contributed by atoms with Crippen LogP contribution in [0.5, 0.6) is 0 Å². The third-order valence-corrected chi connectivity index (χ3v) is 4.19. The van der Waals surface area contributed by atoms with Gasteiger partial charge in [-0.3, -0.25) is 4.79 Å². The number of halogens is 3. The second-order valence-corrected chi connectivity index (χ2v) is 6.51. The number of nitrogens with zero attached hydrogens (tertiary/aromatic N) is 1. The van der Waals surface area contributed by atoms with E-state index < -0.39 is 0 Å². The molecule has 0 unspecified atom stereocenters. The van der Waals surface area contributed by atoms with E-state index in [4.69, 9.17) is 11.6 Å². The van der Waals surface area contributed by atoms with E-state index >= 15 is 0 Å². The third kappa shape index (κ3) is 3.09. The van der Waals surface area contributed by atoms with Gasteiger partial charge in [0.25, 0.3) is 5.56 Å². The predicted molar refractivity (Wildman–Crippen MR) is 84.8 cm³/mol. The summed E-state index contributed by atoms with van der Waals surface area (Å²) in [5, 5.41) is 0.537. The molecule has 0 saturated heterocycles. The molecule has 1 heterocycles. The van der Waals surface area contributed by atoms with Crippen molar-refractivity contribution in [1.29, 1.82) is 0 Å². The first-order valence-electron chi connectivity index (χ1n) is 5.65. The van der Waals surface area contributed by atoms with Gasteiger partial charge < -0.3 is 4.98 Å². The molecule has 1 aromatic heterocycles. The van der Waals surface area contributed by atoms with Crippen LogP contribution in [0.2, 0.25) is 5.02 Å². The summed E-state index contributed by atoms with van der Waals surface area (Å²) in [6, 6.07) is 5.45. The third-order valence-electron chi connectivity index (χ3n) is 2.62. The molecule has 100 valence electrons. The van der Waals surface area contributed by atoms with E-state index in [1.54, 1.807) is 6.07 Å². The van der Waals surface area contributed by atoms with Crippen molar-refractivity contribution in [1.82, 2.24) is 9.97 Å². The van der Waals surface area contributed by atoms with Crippen molar-refractivity contribution in [3.05, 3.63) is 48.2 Å². The lowest BCUT2D eigenvalue weighted by atomic mass is 10.1. The smallest absolute Gasteiger partial charge is 0.265 e. The summed E-state index contributed by atoms with van der Waals surface area (Å²) in [6.07, 6.45) is 0. The quantitative estimate of drug-likeness (QED) is 0.783. The Bertz CT molecular complexity index is 683. The molecule has 6 heteroatoms. The van der Waals surface area contributed by atoms with Crippen molar-refractivity contribution in [3.8, 4) is 11.4 Å². The molecule has 1 aromatic carbocycles. The monoisotopic (exact) mass is 404 g/mol. The second-order valence-electron chi connectivity index (χ2n) is 4.39. The van der Waals surface area contributed by atoms with E-state index in [2.05, 4.69) is 41.8 Å². The molecule has 0 aliphatic carbocycles. The normalized spacial score (nSPS) is 11.1. The fourth-order valence-electron chi connectivity index (χ4n) is 1.67. The summed E-state index contributed by atoms with van der Waals surface area (Å²) in [5.41, 5.74) is 1.22. The van der Waals surface area contributed by atoms with Gasteiger partial charge in [-0.05, 0) is 40.0 Å². The molecule has 1 N–H and O–H groups in total. The number of nitrogens with one attached hydrogen (secondary N) is 1. The maximum Gasteiger partial charge on any atom is 0.265 e. The molecule has 0 fully saturated rings. The van der Waals surface area contributed by atoms with Gasteiger partial charge in [0.2, 0.25) is 0 Å². The number of benzene rings is 1. The summed E-state index contributed by atoms with van der Waals surface area (Å²) in [6.45, 7) is 3.97. The van der Waals surface area contributed by atoms with Crippen molar-refractivity contribution in [3.63, 3.8) is 0 Å². The predicted octanol–water partition coefficient (Wildman–Crippen LogP) is 4.74. The standard InChI is InChI=1S/C13H11Br2ClN2O/c1-6(2)11-10(15)13(19)18-12(17-11)8-4-3-7(14)5-9(8)16/h3-6H,1-2H3,(H,17,18,19). The highest BCUT2D eigenvalue weighted by Gasteiger charge is 2.14. The molecule has 0 atom stereocenters. The largest absolute Gasteiger partial charge is 0.305 e. The molecule has 3 nitrogen and oxygen atoms in total. The molecule has 0 spiro atoms. The number of aromatic amines is 1. The van der Waals surface area contributed by atoms with E-state index in [9.17, 15) is 4.79 Å². The minimum absolute atomic E-state index is 0.143. The van der Waals surface area contributed by atoms with Crippen LogP contribution in [0.4, 0.5) is 0 Å². The molecule has 0 radical (unpaired) electrons. The van der Waals surface area contributed by atoms with Crippen LogP contribution in [-0.4, -0.2) is 9.97 Å². The molecular weight excluding hydrogens is 395 g/mol. The minimum atomic E-state index is -0.201. The van der Waals surface area contributed by atoms with Gasteiger partial charge in [0, 0.05) is 10.0 Å². The highest BCUT2D eigenvalue weighted by molar-refractivity contribution is 9.10. The molecule has 0 saturated carbocycles. The fourth-order valence-corrected chi connectivity index (χ4v) is 3.08. The van der Waals surface area contributed by atoms with Crippen molar-refractivity contribution in [2.75, 3.05) is 0 Å². The number of H-pyrrole nitrogens is 1. The second kappa shape index (κ2) is 5.77. The van der Waals surface area contributed by atoms with Crippen molar-refractivity contribution in [2.24, 2.45) is 0 Å². The first kappa shape index (κ1) is 14.8. The lowest BCUT2D eigenvalue weighted by Crippen LogP contribution is -2.14. The van der Waals surface area contributed by atoms with E-state index in [-0.39, 0.29) is 11.5 Å². The molecule has 0 amide bonds. The summed E-state index contributed by atoms with van der Waals surface area (Å²) in [5.74, 6) is 0.624. The number of aromatic nitrogens is 2. The van der Waals surface area contributed by atoms with Crippen molar-refractivity contribution < 1.29 is 0 Å². The zero-order chi connectivity index (χ0) is 14.2. The Labute approximate surface area is 132 Å². The van der Waals surface area contributed by atoms with Gasteiger partial charge in [-0.15, -0.1) is 0 Å². The highest BCUT2D eigenvalue weighted by Crippen LogP contribution is 2.29. The highest BCUT2D eigenvalue weighted by atomic mass is 79.9. The Morgan fingerprint density at radius 1 is 1.32 bits per heavy atom. The van der Waals surface area contributed by atoms with Crippen molar-refractivity contribution in [2.45, 2.75) is 19.8 Å². The maximum absolute atomic E-state index is 11.9. The first-order valence-corrected chi connectivity index (χ1v) is 7.61. The van der Waals surface area contributed by atoms with E-state index in [0.29, 0.717) is 20.9 Å². The number of hydrogen-bond acceptors (Lipinski definition) is 2. The lowest BCUT2D eigenvalue weighted by Gasteiger charge is -2.10. The Morgan fingerprint density at radius 3 is 2.58 bits per heavy atom. The first-order chi connectivity index (χ1) is 8.90. The summed E-state index contributed by atoms with van der Waals surface area (Å²) in [7, 11) is 0.